The number of nitrogens with zero attached hydrogens (tertiary/aromatic N) is 2. The number of pyridine rings is 1. The first-order chi connectivity index (χ1) is 7.68. The molecule has 2 heterocycles. The topological polar surface area (TPSA) is 86.2 Å². The number of aromatic nitrogens is 1. The minimum absolute atomic E-state index is 0.0318. The van der Waals surface area contributed by atoms with Crippen LogP contribution >= 0.6 is 0 Å². The summed E-state index contributed by atoms with van der Waals surface area (Å²) in [5, 5.41) is 17.1. The van der Waals surface area contributed by atoms with Crippen LogP contribution in [-0.4, -0.2) is 35.1 Å². The Morgan fingerprint density at radius 3 is 3.12 bits per heavy atom. The van der Waals surface area contributed by atoms with Crippen LogP contribution in [0.4, 0.5) is 5.69 Å². The maximum Gasteiger partial charge on any atom is 0.143 e. The summed E-state index contributed by atoms with van der Waals surface area (Å²) in [6, 6.07) is 3.71. The molecule has 1 aliphatic heterocycles. The van der Waals surface area contributed by atoms with Crippen LogP contribution in [0, 0.1) is 5.41 Å². The predicted octanol–water partition coefficient (Wildman–Crippen LogP) is 0.327. The zero-order valence-electron chi connectivity index (χ0n) is 9.06. The van der Waals surface area contributed by atoms with Gasteiger partial charge in [-0.25, -0.2) is 0 Å². The third-order valence-electron chi connectivity index (χ3n) is 2.78. The lowest BCUT2D eigenvalue weighted by molar-refractivity contribution is 0.154. The van der Waals surface area contributed by atoms with Crippen LogP contribution in [0.5, 0.6) is 0 Å². The summed E-state index contributed by atoms with van der Waals surface area (Å²) >= 11 is 0. The highest BCUT2D eigenvalue weighted by Crippen LogP contribution is 2.22. The van der Waals surface area contributed by atoms with Gasteiger partial charge in [-0.3, -0.25) is 10.4 Å². The number of amidine groups is 1. The van der Waals surface area contributed by atoms with E-state index in [-0.39, 0.29) is 11.9 Å². The van der Waals surface area contributed by atoms with E-state index in [0.717, 1.165) is 25.1 Å². The second-order valence-electron chi connectivity index (χ2n) is 4.03. The highest BCUT2D eigenvalue weighted by molar-refractivity contribution is 5.98. The monoisotopic (exact) mass is 220 g/mol. The van der Waals surface area contributed by atoms with E-state index in [1.807, 2.05) is 17.0 Å². The molecular weight excluding hydrogens is 204 g/mol. The zero-order valence-corrected chi connectivity index (χ0v) is 9.06. The molecule has 1 aliphatic rings. The molecule has 0 spiro atoms. The standard InChI is InChI=1S/C11H16N4O/c12-11(13)10-9(4-1-5-14-10)15-6-2-3-8(16)7-15/h1,4-5,8,16H,2-3,6-7H2,(H3,12,13). The number of hydrogen-bond acceptors (Lipinski definition) is 4. The van der Waals surface area contributed by atoms with Gasteiger partial charge in [-0.1, -0.05) is 0 Å². The molecule has 0 radical (unpaired) electrons. The first kappa shape index (κ1) is 10.9. The van der Waals surface area contributed by atoms with Crippen molar-refractivity contribution in [1.29, 1.82) is 5.41 Å². The van der Waals surface area contributed by atoms with Crippen molar-refractivity contribution in [3.8, 4) is 0 Å². The van der Waals surface area contributed by atoms with Crippen molar-refractivity contribution < 1.29 is 5.11 Å². The Balaban J connectivity index is 2.28. The molecule has 1 fully saturated rings. The first-order valence-corrected chi connectivity index (χ1v) is 5.41. The van der Waals surface area contributed by atoms with Crippen molar-refractivity contribution in [3.63, 3.8) is 0 Å². The van der Waals surface area contributed by atoms with E-state index in [0.29, 0.717) is 12.2 Å². The van der Waals surface area contributed by atoms with Crippen LogP contribution in [0.15, 0.2) is 18.3 Å². The molecule has 0 aliphatic carbocycles. The number of nitrogens with two attached hydrogens (primary N) is 1. The fourth-order valence-electron chi connectivity index (χ4n) is 2.03. The SMILES string of the molecule is N=C(N)c1ncccc1N1CCCC(O)C1. The van der Waals surface area contributed by atoms with Crippen molar-refractivity contribution in [2.45, 2.75) is 18.9 Å². The van der Waals surface area contributed by atoms with Gasteiger partial charge in [-0.05, 0) is 25.0 Å². The molecule has 5 heteroatoms. The zero-order chi connectivity index (χ0) is 11.5. The quantitative estimate of drug-likeness (QED) is 0.495. The average molecular weight is 220 g/mol. The molecule has 1 aromatic rings. The number of piperidine rings is 1. The Hall–Kier alpha value is -1.62. The van der Waals surface area contributed by atoms with Gasteiger partial charge < -0.3 is 15.7 Å². The minimum Gasteiger partial charge on any atom is -0.391 e. The molecule has 0 aromatic carbocycles. The molecule has 2 rings (SSSR count). The van der Waals surface area contributed by atoms with Crippen molar-refractivity contribution in [2.24, 2.45) is 5.73 Å². The summed E-state index contributed by atoms with van der Waals surface area (Å²) in [6.07, 6.45) is 3.12. The van der Waals surface area contributed by atoms with Crippen molar-refractivity contribution >= 4 is 11.5 Å². The number of nitrogens with one attached hydrogen (secondary N) is 1. The van der Waals surface area contributed by atoms with E-state index in [9.17, 15) is 5.11 Å². The lowest BCUT2D eigenvalue weighted by Crippen LogP contribution is -2.39. The Morgan fingerprint density at radius 2 is 2.44 bits per heavy atom. The normalized spacial score (nSPS) is 20.8. The number of rotatable bonds is 2. The summed E-state index contributed by atoms with van der Waals surface area (Å²) in [4.78, 5) is 6.15. The van der Waals surface area contributed by atoms with Crippen LogP contribution in [0.2, 0.25) is 0 Å². The molecule has 1 saturated heterocycles. The Bertz CT molecular complexity index is 393. The van der Waals surface area contributed by atoms with Gasteiger partial charge in [0.1, 0.15) is 11.5 Å². The van der Waals surface area contributed by atoms with Gasteiger partial charge >= 0.3 is 0 Å². The number of nitrogen functional groups attached to an aromatic ring is 1. The Labute approximate surface area is 94.4 Å². The van der Waals surface area contributed by atoms with E-state index in [1.54, 1.807) is 6.20 Å². The number of aliphatic hydroxyl groups excluding tert-OH is 1. The molecule has 0 amide bonds. The van der Waals surface area contributed by atoms with Crippen LogP contribution in [-0.2, 0) is 0 Å². The third-order valence-corrected chi connectivity index (χ3v) is 2.78. The number of hydrogen-bond donors (Lipinski definition) is 3. The Kier molecular flexibility index (Phi) is 3.05. The van der Waals surface area contributed by atoms with Crippen molar-refractivity contribution in [3.05, 3.63) is 24.0 Å². The van der Waals surface area contributed by atoms with E-state index in [4.69, 9.17) is 11.1 Å². The Morgan fingerprint density at radius 1 is 1.62 bits per heavy atom. The highest BCUT2D eigenvalue weighted by Gasteiger charge is 2.20. The summed E-state index contributed by atoms with van der Waals surface area (Å²) in [7, 11) is 0. The number of β-amino-alcohol motifs (C(OH)–C–C–N with tert-alkyl or cyclic N) is 1. The fourth-order valence-corrected chi connectivity index (χ4v) is 2.03. The molecule has 1 atom stereocenters. The lowest BCUT2D eigenvalue weighted by Gasteiger charge is -2.32. The smallest absolute Gasteiger partial charge is 0.143 e. The minimum atomic E-state index is -0.297. The van der Waals surface area contributed by atoms with Gasteiger partial charge in [0.2, 0.25) is 0 Å². The third kappa shape index (κ3) is 2.14. The van der Waals surface area contributed by atoms with Gasteiger partial charge in [-0.2, -0.15) is 0 Å². The van der Waals surface area contributed by atoms with Crippen LogP contribution in [0.1, 0.15) is 18.5 Å². The summed E-state index contributed by atoms with van der Waals surface area (Å²) in [6.45, 7) is 1.47. The molecule has 5 nitrogen and oxygen atoms in total. The summed E-state index contributed by atoms with van der Waals surface area (Å²) < 4.78 is 0. The van der Waals surface area contributed by atoms with Gasteiger partial charge in [0.05, 0.1) is 11.8 Å². The molecule has 86 valence electrons. The first-order valence-electron chi connectivity index (χ1n) is 5.41. The summed E-state index contributed by atoms with van der Waals surface area (Å²) in [5.41, 5.74) is 6.83. The maximum atomic E-state index is 9.62. The highest BCUT2D eigenvalue weighted by atomic mass is 16.3. The van der Waals surface area contributed by atoms with Crippen molar-refractivity contribution in [2.75, 3.05) is 18.0 Å². The molecule has 1 aromatic heterocycles. The second-order valence-corrected chi connectivity index (χ2v) is 4.03. The molecule has 4 N–H and O–H groups in total. The molecule has 0 saturated carbocycles. The van der Waals surface area contributed by atoms with E-state index in [1.165, 1.54) is 0 Å². The van der Waals surface area contributed by atoms with Gasteiger partial charge in [0, 0.05) is 19.3 Å². The predicted molar refractivity (Wildman–Crippen MR) is 62.7 cm³/mol. The second kappa shape index (κ2) is 4.49. The summed E-state index contributed by atoms with van der Waals surface area (Å²) in [5.74, 6) is -0.0318. The van der Waals surface area contributed by atoms with Gasteiger partial charge in [-0.15, -0.1) is 0 Å². The van der Waals surface area contributed by atoms with Gasteiger partial charge in [0.25, 0.3) is 0 Å². The molecule has 0 bridgehead atoms. The number of anilines is 1. The molecule has 16 heavy (non-hydrogen) atoms. The average Bonchev–Trinajstić information content (AvgIpc) is 2.29. The molecular formula is C11H16N4O. The van der Waals surface area contributed by atoms with Crippen molar-refractivity contribution in [1.82, 2.24) is 4.98 Å². The van der Waals surface area contributed by atoms with Crippen LogP contribution in [0.25, 0.3) is 0 Å². The van der Waals surface area contributed by atoms with E-state index < -0.39 is 0 Å². The lowest BCUT2D eigenvalue weighted by atomic mass is 10.1. The van der Waals surface area contributed by atoms with Crippen LogP contribution < -0.4 is 10.6 Å². The molecule has 1 unspecified atom stereocenters. The maximum absolute atomic E-state index is 9.62. The van der Waals surface area contributed by atoms with Crippen LogP contribution in [0.3, 0.4) is 0 Å². The van der Waals surface area contributed by atoms with E-state index >= 15 is 0 Å². The number of aliphatic hydroxyl groups is 1. The van der Waals surface area contributed by atoms with E-state index in [2.05, 4.69) is 4.98 Å². The van der Waals surface area contributed by atoms with Gasteiger partial charge in [0.15, 0.2) is 0 Å². The largest absolute Gasteiger partial charge is 0.391 e. The fraction of sp³-hybridized carbons (Fsp3) is 0.455.